The summed E-state index contributed by atoms with van der Waals surface area (Å²) in [5.74, 6) is -0.386. The molecule has 3 heterocycles. The van der Waals surface area contributed by atoms with E-state index in [2.05, 4.69) is 32.1 Å². The van der Waals surface area contributed by atoms with Crippen molar-refractivity contribution in [3.8, 4) is 0 Å². The lowest BCUT2D eigenvalue weighted by atomic mass is 10.0. The quantitative estimate of drug-likeness (QED) is 0.734. The lowest BCUT2D eigenvalue weighted by Gasteiger charge is -2.43. The van der Waals surface area contributed by atoms with E-state index in [9.17, 15) is 13.2 Å². The fourth-order valence-corrected chi connectivity index (χ4v) is 5.94. The van der Waals surface area contributed by atoms with Crippen LogP contribution < -0.4 is 5.73 Å². The molecule has 0 bridgehead atoms. The smallest absolute Gasteiger partial charge is 0.290 e. The van der Waals surface area contributed by atoms with Gasteiger partial charge in [0, 0.05) is 31.7 Å². The van der Waals surface area contributed by atoms with Gasteiger partial charge >= 0.3 is 0 Å². The van der Waals surface area contributed by atoms with Gasteiger partial charge in [0.1, 0.15) is 0 Å². The third kappa shape index (κ3) is 3.87. The van der Waals surface area contributed by atoms with Crippen molar-refractivity contribution >= 4 is 15.7 Å². The van der Waals surface area contributed by atoms with E-state index in [1.54, 1.807) is 0 Å². The van der Waals surface area contributed by atoms with Crippen molar-refractivity contribution in [2.24, 2.45) is 5.73 Å². The predicted molar refractivity (Wildman–Crippen MR) is 96.3 cm³/mol. The highest BCUT2D eigenvalue weighted by atomic mass is 32.2. The molecule has 1 amide bonds. The molecule has 27 heavy (non-hydrogen) atoms. The molecule has 2 fully saturated rings. The first-order valence-corrected chi connectivity index (χ1v) is 10.6. The van der Waals surface area contributed by atoms with Crippen LogP contribution in [-0.2, 0) is 22.9 Å². The minimum absolute atomic E-state index is 0.0810. The Balaban J connectivity index is 1.52. The number of sulfone groups is 1. The predicted octanol–water partition coefficient (Wildman–Crippen LogP) is -0.348. The fourth-order valence-electron chi connectivity index (χ4n) is 3.90. The summed E-state index contributed by atoms with van der Waals surface area (Å²) >= 11 is 0. The van der Waals surface area contributed by atoms with Gasteiger partial charge in [-0.15, -0.1) is 0 Å². The third-order valence-corrected chi connectivity index (χ3v) is 6.86. The highest BCUT2D eigenvalue weighted by Gasteiger charge is 2.46. The van der Waals surface area contributed by atoms with Gasteiger partial charge in [-0.25, -0.2) is 8.42 Å². The van der Waals surface area contributed by atoms with E-state index in [4.69, 9.17) is 10.3 Å². The molecule has 2 saturated heterocycles. The summed E-state index contributed by atoms with van der Waals surface area (Å²) in [5.41, 5.74) is 6.31. The topological polar surface area (TPSA) is 123 Å². The monoisotopic (exact) mass is 391 g/mol. The van der Waals surface area contributed by atoms with Gasteiger partial charge in [0.05, 0.1) is 18.1 Å². The van der Waals surface area contributed by atoms with Crippen molar-refractivity contribution in [1.82, 2.24) is 19.9 Å². The molecule has 0 radical (unpaired) electrons. The molecule has 0 spiro atoms. The van der Waals surface area contributed by atoms with Crippen LogP contribution in [-0.4, -0.2) is 70.9 Å². The van der Waals surface area contributed by atoms with Gasteiger partial charge in [-0.05, 0) is 5.56 Å². The first kappa shape index (κ1) is 18.1. The Morgan fingerprint density at radius 3 is 2.33 bits per heavy atom. The number of primary amides is 1. The molecule has 144 valence electrons. The number of nitrogens with two attached hydrogens (primary N) is 1. The van der Waals surface area contributed by atoms with Crippen LogP contribution in [0.1, 0.15) is 22.1 Å². The first-order chi connectivity index (χ1) is 12.9. The van der Waals surface area contributed by atoms with E-state index >= 15 is 0 Å². The Morgan fingerprint density at radius 2 is 1.74 bits per heavy atom. The molecule has 1 aromatic heterocycles. The van der Waals surface area contributed by atoms with Crippen molar-refractivity contribution in [2.75, 3.05) is 24.6 Å². The molecular formula is C17H21N5O4S. The molecule has 10 heteroatoms. The summed E-state index contributed by atoms with van der Waals surface area (Å²) in [5, 5.41) is 3.55. The number of benzene rings is 1. The summed E-state index contributed by atoms with van der Waals surface area (Å²) in [6, 6.07) is 9.82. The normalized spacial score (nSPS) is 25.3. The van der Waals surface area contributed by atoms with Crippen LogP contribution in [0.2, 0.25) is 0 Å². The minimum atomic E-state index is -3.11. The van der Waals surface area contributed by atoms with Gasteiger partial charge in [-0.2, -0.15) is 4.98 Å². The average Bonchev–Trinajstić information content (AvgIpc) is 3.22. The second-order valence-electron chi connectivity index (χ2n) is 7.01. The van der Waals surface area contributed by atoms with Crippen LogP contribution in [0, 0.1) is 0 Å². The molecule has 0 aliphatic carbocycles. The highest BCUT2D eigenvalue weighted by molar-refractivity contribution is 7.91. The van der Waals surface area contributed by atoms with E-state index < -0.39 is 15.7 Å². The van der Waals surface area contributed by atoms with E-state index in [0.29, 0.717) is 13.1 Å². The summed E-state index contributed by atoms with van der Waals surface area (Å²) in [6.45, 7) is 2.44. The summed E-state index contributed by atoms with van der Waals surface area (Å²) < 4.78 is 29.7. The van der Waals surface area contributed by atoms with Crippen LogP contribution in [0.25, 0.3) is 0 Å². The zero-order valence-electron chi connectivity index (χ0n) is 14.7. The number of piperazine rings is 1. The maximum absolute atomic E-state index is 12.3. The fraction of sp³-hybridized carbons (Fsp3) is 0.471. The number of carbonyl (C=O) groups excluding carboxylic acids is 1. The van der Waals surface area contributed by atoms with Crippen LogP contribution in [0.5, 0.6) is 0 Å². The average molecular weight is 391 g/mol. The number of hydrogen-bond acceptors (Lipinski definition) is 8. The molecule has 2 aliphatic heterocycles. The molecule has 2 N–H and O–H groups in total. The standard InChI is InChI=1S/C17H21N5O4S/c18-16(23)17-19-15(26-20-17)9-22-7-6-21(8-12-4-2-1-3-5-12)13-10-27(24,25)11-14(13)22/h1-5,13-14H,6-11H2,(H2,18,23)/t13-,14+/m1/s1. The Labute approximate surface area is 157 Å². The number of fused-ring (bicyclic) bond motifs is 1. The Morgan fingerprint density at radius 1 is 1.11 bits per heavy atom. The number of aromatic nitrogens is 2. The van der Waals surface area contributed by atoms with Crippen molar-refractivity contribution in [3.63, 3.8) is 0 Å². The van der Waals surface area contributed by atoms with Crippen molar-refractivity contribution < 1.29 is 17.7 Å². The molecule has 2 atom stereocenters. The molecule has 4 rings (SSSR count). The lowest BCUT2D eigenvalue weighted by molar-refractivity contribution is 0.0296. The van der Waals surface area contributed by atoms with E-state index in [1.165, 1.54) is 0 Å². The lowest BCUT2D eigenvalue weighted by Crippen LogP contribution is -2.58. The molecule has 2 aromatic rings. The molecule has 0 unspecified atom stereocenters. The van der Waals surface area contributed by atoms with Gasteiger partial charge in [0.2, 0.25) is 5.89 Å². The number of nitrogens with zero attached hydrogens (tertiary/aromatic N) is 4. The van der Waals surface area contributed by atoms with Crippen molar-refractivity contribution in [1.29, 1.82) is 0 Å². The molecule has 9 nitrogen and oxygen atoms in total. The Bertz CT molecular complexity index is 930. The van der Waals surface area contributed by atoms with Gasteiger partial charge in [-0.1, -0.05) is 35.5 Å². The Kier molecular flexibility index (Phi) is 4.70. The van der Waals surface area contributed by atoms with Crippen molar-refractivity contribution in [2.45, 2.75) is 25.2 Å². The zero-order chi connectivity index (χ0) is 19.0. The maximum Gasteiger partial charge on any atom is 0.290 e. The van der Waals surface area contributed by atoms with Gasteiger partial charge in [-0.3, -0.25) is 14.6 Å². The molecule has 0 saturated carbocycles. The van der Waals surface area contributed by atoms with Gasteiger partial charge in [0.15, 0.2) is 9.84 Å². The van der Waals surface area contributed by atoms with Crippen LogP contribution >= 0.6 is 0 Å². The second-order valence-corrected chi connectivity index (χ2v) is 9.17. The SMILES string of the molecule is NC(=O)c1noc(CN2CCN(Cc3ccccc3)[C@@H]3CS(=O)(=O)C[C@@H]32)n1. The van der Waals surface area contributed by atoms with Crippen LogP contribution in [0.3, 0.4) is 0 Å². The summed E-state index contributed by atoms with van der Waals surface area (Å²) in [6.07, 6.45) is 0. The van der Waals surface area contributed by atoms with Crippen LogP contribution in [0.15, 0.2) is 34.9 Å². The van der Waals surface area contributed by atoms with Gasteiger partial charge < -0.3 is 10.3 Å². The maximum atomic E-state index is 12.3. The second kappa shape index (κ2) is 7.02. The molecular weight excluding hydrogens is 370 g/mol. The third-order valence-electron chi connectivity index (χ3n) is 5.16. The van der Waals surface area contributed by atoms with Crippen LogP contribution in [0.4, 0.5) is 0 Å². The highest BCUT2D eigenvalue weighted by Crippen LogP contribution is 2.29. The zero-order valence-corrected chi connectivity index (χ0v) is 15.5. The van der Waals surface area contributed by atoms with Crippen molar-refractivity contribution in [3.05, 3.63) is 47.6 Å². The van der Waals surface area contributed by atoms with E-state index in [0.717, 1.165) is 18.7 Å². The van der Waals surface area contributed by atoms with E-state index in [-0.39, 0.29) is 35.3 Å². The molecule has 2 aliphatic rings. The minimum Gasteiger partial charge on any atom is -0.363 e. The van der Waals surface area contributed by atoms with E-state index in [1.807, 2.05) is 18.2 Å². The Hall–Kier alpha value is -2.30. The summed E-state index contributed by atoms with van der Waals surface area (Å²) in [4.78, 5) is 19.4. The number of hydrogen-bond donors (Lipinski definition) is 1. The number of amides is 1. The largest absolute Gasteiger partial charge is 0.363 e. The number of rotatable bonds is 5. The summed E-state index contributed by atoms with van der Waals surface area (Å²) in [7, 11) is -3.11. The molecule has 1 aromatic carbocycles. The first-order valence-electron chi connectivity index (χ1n) is 8.76. The number of carbonyl (C=O) groups is 1. The van der Waals surface area contributed by atoms with Gasteiger partial charge in [0.25, 0.3) is 11.7 Å².